The Morgan fingerprint density at radius 2 is 1.81 bits per heavy atom. The van der Waals surface area contributed by atoms with E-state index in [1.807, 2.05) is 24.7 Å². The zero-order chi connectivity index (χ0) is 19.1. The van der Waals surface area contributed by atoms with Crippen LogP contribution in [0.25, 0.3) is 0 Å². The molecule has 0 saturated heterocycles. The first-order valence-corrected chi connectivity index (χ1v) is 9.14. The molecule has 0 fully saturated rings. The standard InChI is InChI=1S/C20H31N5O.HI/c1-7-21-20(23-13-18-16(4)24-25(6)17(18)5)22-11-12-26-19-14(2)9-8-10-15(19)3;/h8-10H,7,11-13H2,1-6H3,(H2,21,22,23);1H. The van der Waals surface area contributed by atoms with Crippen molar-refractivity contribution in [3.05, 3.63) is 46.3 Å². The van der Waals surface area contributed by atoms with Crippen LogP contribution >= 0.6 is 24.0 Å². The average Bonchev–Trinajstić information content (AvgIpc) is 2.83. The van der Waals surface area contributed by atoms with Crippen LogP contribution in [-0.2, 0) is 13.6 Å². The lowest BCUT2D eigenvalue weighted by molar-refractivity contribution is 0.317. The Hall–Kier alpha value is -1.77. The van der Waals surface area contributed by atoms with Crippen molar-refractivity contribution in [1.29, 1.82) is 0 Å². The van der Waals surface area contributed by atoms with Gasteiger partial charge < -0.3 is 15.4 Å². The summed E-state index contributed by atoms with van der Waals surface area (Å²) in [6, 6.07) is 6.19. The molecule has 1 heterocycles. The summed E-state index contributed by atoms with van der Waals surface area (Å²) in [5.41, 5.74) is 5.68. The van der Waals surface area contributed by atoms with Crippen LogP contribution in [0.3, 0.4) is 0 Å². The largest absolute Gasteiger partial charge is 0.491 e. The van der Waals surface area contributed by atoms with Gasteiger partial charge >= 0.3 is 0 Å². The Labute approximate surface area is 179 Å². The van der Waals surface area contributed by atoms with Gasteiger partial charge in [0.1, 0.15) is 12.4 Å². The maximum absolute atomic E-state index is 5.94. The van der Waals surface area contributed by atoms with E-state index in [9.17, 15) is 0 Å². The Morgan fingerprint density at radius 3 is 2.37 bits per heavy atom. The van der Waals surface area contributed by atoms with Gasteiger partial charge in [-0.2, -0.15) is 5.10 Å². The van der Waals surface area contributed by atoms with E-state index < -0.39 is 0 Å². The van der Waals surface area contributed by atoms with Gasteiger partial charge in [0.25, 0.3) is 0 Å². The molecule has 7 heteroatoms. The van der Waals surface area contributed by atoms with Crippen molar-refractivity contribution in [1.82, 2.24) is 20.4 Å². The third kappa shape index (κ3) is 6.41. The lowest BCUT2D eigenvalue weighted by Crippen LogP contribution is -2.39. The number of hydrogen-bond acceptors (Lipinski definition) is 3. The van der Waals surface area contributed by atoms with Crippen molar-refractivity contribution in [3.8, 4) is 5.75 Å². The van der Waals surface area contributed by atoms with Crippen molar-refractivity contribution >= 4 is 29.9 Å². The van der Waals surface area contributed by atoms with Gasteiger partial charge in [0, 0.05) is 24.8 Å². The van der Waals surface area contributed by atoms with E-state index in [4.69, 9.17) is 4.74 Å². The van der Waals surface area contributed by atoms with Gasteiger partial charge in [-0.05, 0) is 45.7 Å². The van der Waals surface area contributed by atoms with Crippen LogP contribution < -0.4 is 15.4 Å². The number of benzene rings is 1. The number of aromatic nitrogens is 2. The number of rotatable bonds is 7. The fourth-order valence-electron chi connectivity index (χ4n) is 2.90. The normalized spacial score (nSPS) is 11.1. The molecular formula is C20H32IN5O. The van der Waals surface area contributed by atoms with E-state index in [1.165, 1.54) is 5.56 Å². The van der Waals surface area contributed by atoms with E-state index in [2.05, 4.69) is 60.6 Å². The maximum atomic E-state index is 5.94. The Kier molecular flexibility index (Phi) is 9.62. The summed E-state index contributed by atoms with van der Waals surface area (Å²) in [4.78, 5) is 4.68. The van der Waals surface area contributed by atoms with Crippen LogP contribution in [-0.4, -0.2) is 35.4 Å². The summed E-state index contributed by atoms with van der Waals surface area (Å²) < 4.78 is 7.84. The number of para-hydroxylation sites is 1. The number of ether oxygens (including phenoxy) is 1. The van der Waals surface area contributed by atoms with E-state index in [-0.39, 0.29) is 24.0 Å². The van der Waals surface area contributed by atoms with Gasteiger partial charge in [0.2, 0.25) is 0 Å². The zero-order valence-electron chi connectivity index (χ0n) is 17.2. The van der Waals surface area contributed by atoms with Crippen LogP contribution in [0.5, 0.6) is 5.75 Å². The second-order valence-corrected chi connectivity index (χ2v) is 6.46. The smallest absolute Gasteiger partial charge is 0.191 e. The number of aryl methyl sites for hydroxylation is 4. The summed E-state index contributed by atoms with van der Waals surface area (Å²) in [5, 5.41) is 11.1. The van der Waals surface area contributed by atoms with E-state index >= 15 is 0 Å². The molecular weight excluding hydrogens is 453 g/mol. The Balaban J connectivity index is 0.00000364. The molecule has 0 spiro atoms. The number of hydrogen-bond donors (Lipinski definition) is 2. The number of nitrogens with zero attached hydrogens (tertiary/aromatic N) is 3. The molecule has 0 atom stereocenters. The summed E-state index contributed by atoms with van der Waals surface area (Å²) in [6.45, 7) is 13.0. The fraction of sp³-hybridized carbons (Fsp3) is 0.500. The maximum Gasteiger partial charge on any atom is 0.191 e. The molecule has 0 saturated carbocycles. The van der Waals surface area contributed by atoms with E-state index in [1.54, 1.807) is 0 Å². The number of halogens is 1. The van der Waals surface area contributed by atoms with Crippen LogP contribution in [0.1, 0.15) is 35.0 Å². The highest BCUT2D eigenvalue weighted by molar-refractivity contribution is 14.0. The van der Waals surface area contributed by atoms with Gasteiger partial charge in [-0.25, -0.2) is 4.99 Å². The molecule has 0 unspecified atom stereocenters. The number of guanidine groups is 1. The molecule has 2 aromatic rings. The predicted molar refractivity (Wildman–Crippen MR) is 122 cm³/mol. The third-order valence-electron chi connectivity index (χ3n) is 4.45. The molecule has 0 aliphatic carbocycles. The molecule has 1 aromatic carbocycles. The van der Waals surface area contributed by atoms with Crippen molar-refractivity contribution < 1.29 is 4.74 Å². The van der Waals surface area contributed by atoms with Crippen LogP contribution in [0.2, 0.25) is 0 Å². The first kappa shape index (κ1) is 23.3. The van der Waals surface area contributed by atoms with Gasteiger partial charge in [-0.15, -0.1) is 24.0 Å². The fourth-order valence-corrected chi connectivity index (χ4v) is 2.90. The first-order chi connectivity index (χ1) is 12.4. The minimum Gasteiger partial charge on any atom is -0.491 e. The molecule has 0 aliphatic rings. The second-order valence-electron chi connectivity index (χ2n) is 6.46. The molecule has 0 aliphatic heterocycles. The summed E-state index contributed by atoms with van der Waals surface area (Å²) in [5.74, 6) is 1.76. The van der Waals surface area contributed by atoms with Crippen molar-refractivity contribution in [2.75, 3.05) is 19.7 Å². The molecule has 0 radical (unpaired) electrons. The van der Waals surface area contributed by atoms with Crippen molar-refractivity contribution in [3.63, 3.8) is 0 Å². The number of nitrogens with one attached hydrogen (secondary N) is 2. The summed E-state index contributed by atoms with van der Waals surface area (Å²) in [6.07, 6.45) is 0. The van der Waals surface area contributed by atoms with E-state index in [0.717, 1.165) is 40.8 Å². The first-order valence-electron chi connectivity index (χ1n) is 9.14. The lowest BCUT2D eigenvalue weighted by atomic mass is 10.1. The average molecular weight is 485 g/mol. The molecule has 2 N–H and O–H groups in total. The summed E-state index contributed by atoms with van der Waals surface area (Å²) >= 11 is 0. The molecule has 0 bridgehead atoms. The van der Waals surface area contributed by atoms with Gasteiger partial charge in [-0.3, -0.25) is 4.68 Å². The summed E-state index contributed by atoms with van der Waals surface area (Å²) in [7, 11) is 1.96. The third-order valence-corrected chi connectivity index (χ3v) is 4.45. The van der Waals surface area contributed by atoms with E-state index in [0.29, 0.717) is 19.7 Å². The molecule has 6 nitrogen and oxygen atoms in total. The minimum atomic E-state index is 0. The van der Waals surface area contributed by atoms with Crippen LogP contribution in [0.15, 0.2) is 23.2 Å². The number of aliphatic imine (C=N–C) groups is 1. The topological polar surface area (TPSA) is 63.5 Å². The molecule has 150 valence electrons. The Morgan fingerprint density at radius 1 is 1.15 bits per heavy atom. The lowest BCUT2D eigenvalue weighted by Gasteiger charge is -2.14. The minimum absolute atomic E-state index is 0. The molecule has 2 rings (SSSR count). The zero-order valence-corrected chi connectivity index (χ0v) is 19.5. The Bertz CT molecular complexity index is 750. The van der Waals surface area contributed by atoms with Crippen LogP contribution in [0, 0.1) is 27.7 Å². The molecule has 1 aromatic heterocycles. The highest BCUT2D eigenvalue weighted by Gasteiger charge is 2.09. The van der Waals surface area contributed by atoms with Crippen molar-refractivity contribution in [2.24, 2.45) is 12.0 Å². The van der Waals surface area contributed by atoms with Gasteiger partial charge in [0.15, 0.2) is 5.96 Å². The predicted octanol–water partition coefficient (Wildman–Crippen LogP) is 3.41. The van der Waals surface area contributed by atoms with Crippen molar-refractivity contribution in [2.45, 2.75) is 41.2 Å². The highest BCUT2D eigenvalue weighted by atomic mass is 127. The monoisotopic (exact) mass is 485 g/mol. The van der Waals surface area contributed by atoms with Gasteiger partial charge in [0.05, 0.1) is 18.8 Å². The second kappa shape index (κ2) is 11.2. The molecule has 0 amide bonds. The SMILES string of the molecule is CCNC(=NCc1c(C)nn(C)c1C)NCCOc1c(C)cccc1C.I. The highest BCUT2D eigenvalue weighted by Crippen LogP contribution is 2.21. The molecule has 27 heavy (non-hydrogen) atoms. The van der Waals surface area contributed by atoms with Crippen LogP contribution in [0.4, 0.5) is 0 Å². The van der Waals surface area contributed by atoms with Gasteiger partial charge in [-0.1, -0.05) is 18.2 Å². The quantitative estimate of drug-likeness (QED) is 0.273.